The van der Waals surface area contributed by atoms with Crippen molar-refractivity contribution in [3.8, 4) is 22.8 Å². The minimum Gasteiger partial charge on any atom is -0.437 e. The highest BCUT2D eigenvalue weighted by Gasteiger charge is 2.13. The smallest absolute Gasteiger partial charge is 0.242 e. The Bertz CT molecular complexity index is 1060. The highest BCUT2D eigenvalue weighted by atomic mass is 19.1. The summed E-state index contributed by atoms with van der Waals surface area (Å²) in [6.07, 6.45) is 5.13. The number of halogens is 1. The third kappa shape index (κ3) is 2.82. The minimum atomic E-state index is -0.493. The van der Waals surface area contributed by atoms with E-state index in [2.05, 4.69) is 15.0 Å². The van der Waals surface area contributed by atoms with Gasteiger partial charge in [0.2, 0.25) is 17.6 Å². The topological polar surface area (TPSA) is 52.3 Å². The highest BCUT2D eigenvalue weighted by molar-refractivity contribution is 5.65. The molecule has 0 amide bonds. The number of fused-ring (bicyclic) bond motifs is 1. The first-order chi connectivity index (χ1) is 12.1. The van der Waals surface area contributed by atoms with Crippen molar-refractivity contribution in [1.29, 1.82) is 0 Å². The van der Waals surface area contributed by atoms with Crippen LogP contribution in [0.3, 0.4) is 0 Å². The summed E-state index contributed by atoms with van der Waals surface area (Å²) in [6, 6.07) is 10.9. The van der Waals surface area contributed by atoms with E-state index in [1.807, 2.05) is 54.8 Å². The van der Waals surface area contributed by atoms with Gasteiger partial charge in [-0.2, -0.15) is 9.37 Å². The number of aromatic nitrogens is 4. The van der Waals surface area contributed by atoms with Gasteiger partial charge in [0.25, 0.3) is 0 Å². The van der Waals surface area contributed by atoms with Crippen LogP contribution < -0.4 is 4.74 Å². The molecule has 4 aromatic rings. The number of imidazole rings is 1. The van der Waals surface area contributed by atoms with E-state index in [1.54, 1.807) is 6.20 Å². The van der Waals surface area contributed by atoms with Gasteiger partial charge in [0.15, 0.2) is 0 Å². The van der Waals surface area contributed by atoms with Crippen molar-refractivity contribution in [1.82, 2.24) is 19.4 Å². The molecule has 5 nitrogen and oxygen atoms in total. The van der Waals surface area contributed by atoms with Gasteiger partial charge in [-0.05, 0) is 37.6 Å². The zero-order chi connectivity index (χ0) is 17.4. The SMILES string of the molecule is Cc1cc(F)ncc1-c1cnc2nc(Oc3ccccc3)c(C)n2c1. The standard InChI is InChI=1S/C19H15FN4O/c1-12-8-17(20)21-10-16(12)14-9-22-19-23-18(13(2)24(19)11-14)25-15-6-4-3-5-7-15/h3-11H,1-2H3. The quantitative estimate of drug-likeness (QED) is 0.523. The van der Waals surface area contributed by atoms with Gasteiger partial charge < -0.3 is 4.74 Å². The molecule has 1 aromatic carbocycles. The Hall–Kier alpha value is -3.28. The third-order valence-corrected chi connectivity index (χ3v) is 4.02. The lowest BCUT2D eigenvalue weighted by Gasteiger charge is -2.06. The lowest BCUT2D eigenvalue weighted by molar-refractivity contribution is 0.462. The zero-order valence-electron chi connectivity index (χ0n) is 13.8. The summed E-state index contributed by atoms with van der Waals surface area (Å²) < 4.78 is 20.9. The second kappa shape index (κ2) is 5.98. The molecular formula is C19H15FN4O. The predicted octanol–water partition coefficient (Wildman–Crippen LogP) is 4.34. The van der Waals surface area contributed by atoms with Gasteiger partial charge in [0.05, 0.1) is 5.69 Å². The van der Waals surface area contributed by atoms with E-state index in [0.717, 1.165) is 22.4 Å². The average Bonchev–Trinajstić information content (AvgIpc) is 2.91. The summed E-state index contributed by atoms with van der Waals surface area (Å²) in [7, 11) is 0. The lowest BCUT2D eigenvalue weighted by atomic mass is 10.1. The molecule has 0 spiro atoms. The number of rotatable bonds is 3. The Morgan fingerprint density at radius 2 is 1.84 bits per heavy atom. The molecule has 0 saturated carbocycles. The van der Waals surface area contributed by atoms with Crippen molar-refractivity contribution in [3.05, 3.63) is 72.2 Å². The summed E-state index contributed by atoms with van der Waals surface area (Å²) in [6.45, 7) is 3.76. The van der Waals surface area contributed by atoms with E-state index in [-0.39, 0.29) is 0 Å². The fraction of sp³-hybridized carbons (Fsp3) is 0.105. The average molecular weight is 334 g/mol. The van der Waals surface area contributed by atoms with Gasteiger partial charge in [-0.1, -0.05) is 18.2 Å². The van der Waals surface area contributed by atoms with Crippen LogP contribution in [0.5, 0.6) is 11.6 Å². The lowest BCUT2D eigenvalue weighted by Crippen LogP contribution is -1.95. The van der Waals surface area contributed by atoms with E-state index in [9.17, 15) is 4.39 Å². The number of nitrogens with zero attached hydrogens (tertiary/aromatic N) is 4. The molecule has 0 saturated heterocycles. The van der Waals surface area contributed by atoms with Crippen molar-refractivity contribution >= 4 is 5.78 Å². The van der Waals surface area contributed by atoms with Crippen LogP contribution in [-0.2, 0) is 0 Å². The largest absolute Gasteiger partial charge is 0.437 e. The number of ether oxygens (including phenoxy) is 1. The minimum absolute atomic E-state index is 0.493. The summed E-state index contributed by atoms with van der Waals surface area (Å²) in [5, 5.41) is 0. The molecule has 0 aliphatic rings. The van der Waals surface area contributed by atoms with Crippen molar-refractivity contribution in [2.45, 2.75) is 13.8 Å². The fourth-order valence-corrected chi connectivity index (χ4v) is 2.68. The van der Waals surface area contributed by atoms with Crippen LogP contribution >= 0.6 is 0 Å². The van der Waals surface area contributed by atoms with Gasteiger partial charge in [0.1, 0.15) is 5.75 Å². The second-order valence-corrected chi connectivity index (χ2v) is 5.75. The molecule has 124 valence electrons. The second-order valence-electron chi connectivity index (χ2n) is 5.75. The van der Waals surface area contributed by atoms with Crippen LogP contribution in [-0.4, -0.2) is 19.4 Å². The molecule has 4 rings (SSSR count). The molecule has 0 fully saturated rings. The number of benzene rings is 1. The first-order valence-corrected chi connectivity index (χ1v) is 7.82. The van der Waals surface area contributed by atoms with Gasteiger partial charge in [-0.25, -0.2) is 9.97 Å². The maximum atomic E-state index is 13.2. The number of pyridine rings is 1. The van der Waals surface area contributed by atoms with Gasteiger partial charge in [0, 0.05) is 29.7 Å². The number of para-hydroxylation sites is 1. The monoisotopic (exact) mass is 334 g/mol. The summed E-state index contributed by atoms with van der Waals surface area (Å²) in [5.74, 6) is 1.27. The number of hydrogen-bond acceptors (Lipinski definition) is 4. The molecule has 0 unspecified atom stereocenters. The molecular weight excluding hydrogens is 319 g/mol. The molecule has 6 heteroatoms. The van der Waals surface area contributed by atoms with Crippen LogP contribution in [0.2, 0.25) is 0 Å². The Labute approximate surface area is 143 Å². The van der Waals surface area contributed by atoms with Crippen LogP contribution in [0.15, 0.2) is 55.0 Å². The van der Waals surface area contributed by atoms with Crippen LogP contribution in [0.4, 0.5) is 4.39 Å². The molecule has 3 heterocycles. The number of aryl methyl sites for hydroxylation is 2. The molecule has 0 bridgehead atoms. The zero-order valence-corrected chi connectivity index (χ0v) is 13.8. The van der Waals surface area contributed by atoms with E-state index < -0.39 is 5.95 Å². The normalized spacial score (nSPS) is 11.0. The molecule has 0 aliphatic carbocycles. The predicted molar refractivity (Wildman–Crippen MR) is 92.2 cm³/mol. The first kappa shape index (κ1) is 15.3. The van der Waals surface area contributed by atoms with E-state index in [1.165, 1.54) is 12.3 Å². The van der Waals surface area contributed by atoms with Gasteiger partial charge in [-0.3, -0.25) is 4.40 Å². The Kier molecular flexibility index (Phi) is 3.65. The summed E-state index contributed by atoms with van der Waals surface area (Å²) in [4.78, 5) is 12.6. The van der Waals surface area contributed by atoms with Crippen molar-refractivity contribution in [2.24, 2.45) is 0 Å². The fourth-order valence-electron chi connectivity index (χ4n) is 2.68. The Morgan fingerprint density at radius 3 is 2.60 bits per heavy atom. The van der Waals surface area contributed by atoms with E-state index in [0.29, 0.717) is 17.4 Å². The molecule has 0 radical (unpaired) electrons. The summed E-state index contributed by atoms with van der Waals surface area (Å²) >= 11 is 0. The van der Waals surface area contributed by atoms with Gasteiger partial charge in [-0.15, -0.1) is 0 Å². The van der Waals surface area contributed by atoms with Crippen molar-refractivity contribution < 1.29 is 9.13 Å². The van der Waals surface area contributed by atoms with E-state index in [4.69, 9.17) is 4.74 Å². The van der Waals surface area contributed by atoms with Gasteiger partial charge >= 0.3 is 0 Å². The molecule has 0 aliphatic heterocycles. The number of hydrogen-bond donors (Lipinski definition) is 0. The van der Waals surface area contributed by atoms with Crippen molar-refractivity contribution in [3.63, 3.8) is 0 Å². The summed E-state index contributed by atoms with van der Waals surface area (Å²) in [5.41, 5.74) is 3.30. The maximum absolute atomic E-state index is 13.2. The maximum Gasteiger partial charge on any atom is 0.242 e. The van der Waals surface area contributed by atoms with Crippen LogP contribution in [0.1, 0.15) is 11.3 Å². The molecule has 25 heavy (non-hydrogen) atoms. The van der Waals surface area contributed by atoms with Crippen molar-refractivity contribution in [2.75, 3.05) is 0 Å². The van der Waals surface area contributed by atoms with E-state index >= 15 is 0 Å². The van der Waals surface area contributed by atoms with Crippen LogP contribution in [0, 0.1) is 19.8 Å². The first-order valence-electron chi connectivity index (χ1n) is 7.82. The molecule has 0 N–H and O–H groups in total. The Morgan fingerprint density at radius 1 is 1.04 bits per heavy atom. The molecule has 3 aromatic heterocycles. The third-order valence-electron chi connectivity index (χ3n) is 4.02. The highest BCUT2D eigenvalue weighted by Crippen LogP contribution is 2.27. The Balaban J connectivity index is 1.77. The molecule has 0 atom stereocenters. The van der Waals surface area contributed by atoms with Crippen LogP contribution in [0.25, 0.3) is 16.9 Å².